The summed E-state index contributed by atoms with van der Waals surface area (Å²) in [6.07, 6.45) is 2.47. The molecule has 1 atom stereocenters. The fourth-order valence-electron chi connectivity index (χ4n) is 3.88. The predicted octanol–water partition coefficient (Wildman–Crippen LogP) is 6.56. The standard InChI is InChI=1S/C22H26N2OS3/c1-14-8-10-24(11-9-14)20(17-6-4-12-26-17)19-15(2)16(3)28-22(19)23-21(25)18-7-5-13-27-18/h4-7,12-14,20H,8-11H2,1-3H3,(H,23,25)/t20-/m1/s1. The van der Waals surface area contributed by atoms with Crippen LogP contribution in [0.2, 0.25) is 0 Å². The lowest BCUT2D eigenvalue weighted by molar-refractivity contribution is 0.103. The van der Waals surface area contributed by atoms with Gasteiger partial charge in [0.2, 0.25) is 0 Å². The van der Waals surface area contributed by atoms with Crippen LogP contribution in [0, 0.1) is 19.8 Å². The summed E-state index contributed by atoms with van der Waals surface area (Å²) in [5, 5.41) is 8.35. The Hall–Kier alpha value is -1.47. The average molecular weight is 431 g/mol. The molecule has 1 amide bonds. The molecule has 0 radical (unpaired) electrons. The highest BCUT2D eigenvalue weighted by Crippen LogP contribution is 2.44. The van der Waals surface area contributed by atoms with Crippen molar-refractivity contribution < 1.29 is 4.79 Å². The van der Waals surface area contributed by atoms with Gasteiger partial charge in [0.05, 0.1) is 10.9 Å². The van der Waals surface area contributed by atoms with E-state index in [1.165, 1.54) is 45.1 Å². The van der Waals surface area contributed by atoms with Crippen molar-refractivity contribution in [3.05, 3.63) is 60.8 Å². The number of carbonyl (C=O) groups is 1. The van der Waals surface area contributed by atoms with Gasteiger partial charge in [-0.1, -0.05) is 19.1 Å². The Balaban J connectivity index is 1.72. The van der Waals surface area contributed by atoms with Gasteiger partial charge in [-0.15, -0.1) is 34.0 Å². The molecule has 0 aliphatic carbocycles. The van der Waals surface area contributed by atoms with E-state index in [0.717, 1.165) is 28.9 Å². The van der Waals surface area contributed by atoms with Gasteiger partial charge in [0, 0.05) is 15.3 Å². The second kappa shape index (κ2) is 8.49. The summed E-state index contributed by atoms with van der Waals surface area (Å²) in [7, 11) is 0. The molecule has 1 saturated heterocycles. The van der Waals surface area contributed by atoms with Crippen molar-refractivity contribution in [2.45, 2.75) is 39.7 Å². The molecular weight excluding hydrogens is 404 g/mol. The largest absolute Gasteiger partial charge is 0.313 e. The van der Waals surface area contributed by atoms with Crippen LogP contribution in [0.3, 0.4) is 0 Å². The van der Waals surface area contributed by atoms with Gasteiger partial charge >= 0.3 is 0 Å². The average Bonchev–Trinajstić information content (AvgIpc) is 3.43. The van der Waals surface area contributed by atoms with E-state index in [4.69, 9.17) is 0 Å². The van der Waals surface area contributed by atoms with E-state index < -0.39 is 0 Å². The van der Waals surface area contributed by atoms with E-state index in [9.17, 15) is 4.79 Å². The Bertz CT molecular complexity index is 920. The second-order valence-corrected chi connectivity index (χ2v) is 10.7. The topological polar surface area (TPSA) is 32.3 Å². The molecule has 1 N–H and O–H groups in total. The third-order valence-electron chi connectivity index (χ3n) is 5.67. The van der Waals surface area contributed by atoms with E-state index in [2.05, 4.69) is 48.5 Å². The number of carbonyl (C=O) groups excluding carboxylic acids is 1. The molecule has 3 aromatic rings. The van der Waals surface area contributed by atoms with Crippen molar-refractivity contribution in [1.29, 1.82) is 0 Å². The number of likely N-dealkylation sites (tertiary alicyclic amines) is 1. The summed E-state index contributed by atoms with van der Waals surface area (Å²) < 4.78 is 0. The lowest BCUT2D eigenvalue weighted by Gasteiger charge is -2.37. The smallest absolute Gasteiger partial charge is 0.266 e. The zero-order valence-corrected chi connectivity index (χ0v) is 19.0. The van der Waals surface area contributed by atoms with E-state index in [-0.39, 0.29) is 11.9 Å². The van der Waals surface area contributed by atoms with Crippen LogP contribution in [0.4, 0.5) is 5.00 Å². The minimum atomic E-state index is -0.00491. The predicted molar refractivity (Wildman–Crippen MR) is 122 cm³/mol. The molecule has 0 saturated carbocycles. The molecule has 3 nitrogen and oxygen atoms in total. The molecular formula is C22H26N2OS3. The second-order valence-electron chi connectivity index (χ2n) is 7.59. The maximum absolute atomic E-state index is 12.8. The van der Waals surface area contributed by atoms with E-state index in [0.29, 0.717) is 0 Å². The Labute approximate surface area is 179 Å². The van der Waals surface area contributed by atoms with E-state index in [1.807, 2.05) is 28.8 Å². The van der Waals surface area contributed by atoms with E-state index in [1.54, 1.807) is 11.3 Å². The van der Waals surface area contributed by atoms with Crippen LogP contribution < -0.4 is 5.32 Å². The number of thiophene rings is 3. The van der Waals surface area contributed by atoms with Gasteiger partial charge in [0.1, 0.15) is 5.00 Å². The fourth-order valence-corrected chi connectivity index (χ4v) is 6.45. The van der Waals surface area contributed by atoms with Crippen LogP contribution in [-0.4, -0.2) is 23.9 Å². The Morgan fingerprint density at radius 1 is 1.14 bits per heavy atom. The quantitative estimate of drug-likeness (QED) is 0.497. The van der Waals surface area contributed by atoms with Crippen molar-refractivity contribution in [1.82, 2.24) is 4.90 Å². The number of anilines is 1. The van der Waals surface area contributed by atoms with Gasteiger partial charge < -0.3 is 5.32 Å². The highest BCUT2D eigenvalue weighted by Gasteiger charge is 2.32. The number of nitrogens with one attached hydrogen (secondary N) is 1. The lowest BCUT2D eigenvalue weighted by Crippen LogP contribution is -2.36. The maximum Gasteiger partial charge on any atom is 0.266 e. The lowest BCUT2D eigenvalue weighted by atomic mass is 9.94. The first-order chi connectivity index (χ1) is 13.5. The van der Waals surface area contributed by atoms with Gasteiger partial charge in [-0.2, -0.15) is 0 Å². The van der Waals surface area contributed by atoms with Gasteiger partial charge in [-0.05, 0) is 74.2 Å². The SMILES string of the molecule is Cc1sc(NC(=O)c2cccs2)c([C@@H](c2cccs2)N2CCC(C)CC2)c1C. The number of amides is 1. The molecule has 6 heteroatoms. The summed E-state index contributed by atoms with van der Waals surface area (Å²) in [4.78, 5) is 18.8. The number of piperidine rings is 1. The van der Waals surface area contributed by atoms with Crippen LogP contribution in [-0.2, 0) is 0 Å². The summed E-state index contributed by atoms with van der Waals surface area (Å²) >= 11 is 5.01. The molecule has 4 rings (SSSR count). The first-order valence-corrected chi connectivity index (χ1v) is 12.3. The van der Waals surface area contributed by atoms with Crippen LogP contribution in [0.15, 0.2) is 35.0 Å². The molecule has 0 aromatic carbocycles. The fraction of sp³-hybridized carbons (Fsp3) is 0.409. The first-order valence-electron chi connectivity index (χ1n) is 9.76. The Morgan fingerprint density at radius 2 is 1.86 bits per heavy atom. The number of hydrogen-bond acceptors (Lipinski definition) is 5. The first kappa shape index (κ1) is 19.8. The summed E-state index contributed by atoms with van der Waals surface area (Å²) in [5.41, 5.74) is 2.59. The normalized spacial score (nSPS) is 17.0. The molecule has 1 aliphatic heterocycles. The van der Waals surface area contributed by atoms with Gasteiger partial charge in [0.25, 0.3) is 5.91 Å². The number of rotatable bonds is 5. The summed E-state index contributed by atoms with van der Waals surface area (Å²) in [6, 6.07) is 8.41. The summed E-state index contributed by atoms with van der Waals surface area (Å²) in [6.45, 7) is 8.93. The molecule has 4 heterocycles. The third kappa shape index (κ3) is 3.96. The van der Waals surface area contributed by atoms with Crippen LogP contribution >= 0.6 is 34.0 Å². The molecule has 1 aliphatic rings. The third-order valence-corrected chi connectivity index (χ3v) is 8.61. The van der Waals surface area contributed by atoms with Crippen molar-refractivity contribution in [3.8, 4) is 0 Å². The molecule has 3 aromatic heterocycles. The summed E-state index contributed by atoms with van der Waals surface area (Å²) in [5.74, 6) is 0.790. The van der Waals surface area contributed by atoms with Crippen LogP contribution in [0.5, 0.6) is 0 Å². The Kier molecular flexibility index (Phi) is 6.01. The van der Waals surface area contributed by atoms with Crippen molar-refractivity contribution in [2.75, 3.05) is 18.4 Å². The molecule has 0 spiro atoms. The molecule has 0 unspecified atom stereocenters. The van der Waals surface area contributed by atoms with Gasteiger partial charge in [-0.3, -0.25) is 9.69 Å². The Morgan fingerprint density at radius 3 is 2.50 bits per heavy atom. The van der Waals surface area contributed by atoms with Crippen molar-refractivity contribution >= 4 is 44.9 Å². The van der Waals surface area contributed by atoms with E-state index >= 15 is 0 Å². The minimum absolute atomic E-state index is 0.00491. The van der Waals surface area contributed by atoms with Gasteiger partial charge in [0.15, 0.2) is 0 Å². The number of aryl methyl sites for hydroxylation is 1. The van der Waals surface area contributed by atoms with Crippen molar-refractivity contribution in [3.63, 3.8) is 0 Å². The minimum Gasteiger partial charge on any atom is -0.313 e. The molecule has 148 valence electrons. The van der Waals surface area contributed by atoms with Crippen molar-refractivity contribution in [2.24, 2.45) is 5.92 Å². The number of hydrogen-bond donors (Lipinski definition) is 1. The molecule has 28 heavy (non-hydrogen) atoms. The van der Waals surface area contributed by atoms with Crippen LogP contribution in [0.25, 0.3) is 0 Å². The molecule has 1 fully saturated rings. The van der Waals surface area contributed by atoms with Gasteiger partial charge in [-0.25, -0.2) is 0 Å². The van der Waals surface area contributed by atoms with Crippen LogP contribution in [0.1, 0.15) is 56.4 Å². The number of nitrogens with zero attached hydrogens (tertiary/aromatic N) is 1. The maximum atomic E-state index is 12.8. The zero-order valence-electron chi connectivity index (χ0n) is 16.5. The zero-order chi connectivity index (χ0) is 19.7. The monoisotopic (exact) mass is 430 g/mol. The highest BCUT2D eigenvalue weighted by molar-refractivity contribution is 7.17. The molecule has 0 bridgehead atoms. The highest BCUT2D eigenvalue weighted by atomic mass is 32.1.